The van der Waals surface area contributed by atoms with Crippen LogP contribution in [0.4, 0.5) is 0 Å². The molecule has 0 radical (unpaired) electrons. The summed E-state index contributed by atoms with van der Waals surface area (Å²) in [5.74, 6) is -0.920. The van der Waals surface area contributed by atoms with E-state index in [-0.39, 0.29) is 0 Å². The molecule has 0 saturated carbocycles. The smallest absolute Gasteiger partial charge is 0.321 e. The molecule has 0 spiro atoms. The maximum absolute atomic E-state index is 10.4. The molecule has 1 aromatic rings. The number of rotatable bonds is 6. The number of benzene rings is 1. The van der Waals surface area contributed by atoms with Gasteiger partial charge >= 0.3 is 5.97 Å². The second kappa shape index (κ2) is 6.46. The Balaban J connectivity index is 2.15. The van der Waals surface area contributed by atoms with Gasteiger partial charge < -0.3 is 5.11 Å². The predicted octanol–water partition coefficient (Wildman–Crippen LogP) is 3.09. The van der Waals surface area contributed by atoms with E-state index in [0.717, 1.165) is 19.3 Å². The summed E-state index contributed by atoms with van der Waals surface area (Å²) in [6, 6.07) is 10.2. The largest absolute Gasteiger partial charge is 0.480 e. The van der Waals surface area contributed by atoms with Crippen molar-refractivity contribution in [1.82, 2.24) is 0 Å². The number of alkyl halides is 1. The standard InChI is InChI=1S/C12H15ClO2/c13-11(12(14)15)9-5-4-8-10-6-2-1-3-7-10/h1-3,6-7,11H,4-5,8-9H2,(H,14,15). The summed E-state index contributed by atoms with van der Waals surface area (Å²) in [5.41, 5.74) is 1.29. The van der Waals surface area contributed by atoms with Crippen molar-refractivity contribution in [3.05, 3.63) is 35.9 Å². The highest BCUT2D eigenvalue weighted by Crippen LogP contribution is 2.11. The Morgan fingerprint density at radius 1 is 1.27 bits per heavy atom. The molecular formula is C12H15ClO2. The molecule has 82 valence electrons. The minimum atomic E-state index is -0.920. The lowest BCUT2D eigenvalue weighted by atomic mass is 10.1. The normalized spacial score (nSPS) is 12.3. The van der Waals surface area contributed by atoms with Crippen molar-refractivity contribution in [2.24, 2.45) is 0 Å². The molecule has 1 aromatic carbocycles. The zero-order valence-electron chi connectivity index (χ0n) is 8.53. The summed E-state index contributed by atoms with van der Waals surface area (Å²) in [6.07, 6.45) is 3.38. The number of hydrogen-bond acceptors (Lipinski definition) is 1. The van der Waals surface area contributed by atoms with Crippen LogP contribution >= 0.6 is 11.6 Å². The van der Waals surface area contributed by atoms with E-state index >= 15 is 0 Å². The van der Waals surface area contributed by atoms with Crippen LogP contribution in [0.2, 0.25) is 0 Å². The van der Waals surface area contributed by atoms with Crippen molar-refractivity contribution in [1.29, 1.82) is 0 Å². The van der Waals surface area contributed by atoms with Crippen LogP contribution < -0.4 is 0 Å². The maximum Gasteiger partial charge on any atom is 0.321 e. The highest BCUT2D eigenvalue weighted by molar-refractivity contribution is 6.29. The first kappa shape index (κ1) is 12.1. The van der Waals surface area contributed by atoms with E-state index in [1.165, 1.54) is 5.56 Å². The first-order valence-corrected chi connectivity index (χ1v) is 5.54. The molecule has 0 saturated heterocycles. The Hall–Kier alpha value is -1.02. The molecule has 0 bridgehead atoms. The van der Waals surface area contributed by atoms with Crippen LogP contribution in [-0.4, -0.2) is 16.5 Å². The van der Waals surface area contributed by atoms with Gasteiger partial charge in [0.25, 0.3) is 0 Å². The van der Waals surface area contributed by atoms with Gasteiger partial charge in [-0.15, -0.1) is 11.6 Å². The van der Waals surface area contributed by atoms with E-state index in [9.17, 15) is 4.79 Å². The van der Waals surface area contributed by atoms with Crippen LogP contribution in [0.5, 0.6) is 0 Å². The number of carboxylic acid groups (broad SMARTS) is 1. The minimum absolute atomic E-state index is 0.545. The number of aliphatic carboxylic acids is 1. The molecule has 1 rings (SSSR count). The Morgan fingerprint density at radius 2 is 1.93 bits per heavy atom. The lowest BCUT2D eigenvalue weighted by Gasteiger charge is -2.04. The third-order valence-corrected chi connectivity index (χ3v) is 2.69. The van der Waals surface area contributed by atoms with Gasteiger partial charge in [0, 0.05) is 0 Å². The first-order chi connectivity index (χ1) is 7.20. The van der Waals surface area contributed by atoms with Gasteiger partial charge in [0.2, 0.25) is 0 Å². The summed E-state index contributed by atoms with van der Waals surface area (Å²) >= 11 is 5.60. The quantitative estimate of drug-likeness (QED) is 0.598. The molecule has 0 aromatic heterocycles. The van der Waals surface area contributed by atoms with Crippen LogP contribution in [0.25, 0.3) is 0 Å². The van der Waals surface area contributed by atoms with Gasteiger partial charge in [-0.3, -0.25) is 4.79 Å². The summed E-state index contributed by atoms with van der Waals surface area (Å²) in [5, 5.41) is 7.83. The second-order valence-corrected chi connectivity index (χ2v) is 4.06. The number of carboxylic acids is 1. The SMILES string of the molecule is O=C(O)C(Cl)CCCCc1ccccc1. The second-order valence-electron chi connectivity index (χ2n) is 3.54. The number of carbonyl (C=O) groups is 1. The Morgan fingerprint density at radius 3 is 2.53 bits per heavy atom. The number of halogens is 1. The zero-order valence-corrected chi connectivity index (χ0v) is 9.28. The Labute approximate surface area is 94.9 Å². The molecule has 3 heteroatoms. The Kier molecular flexibility index (Phi) is 5.19. The van der Waals surface area contributed by atoms with Gasteiger partial charge in [-0.05, 0) is 24.8 Å². The first-order valence-electron chi connectivity index (χ1n) is 5.11. The van der Waals surface area contributed by atoms with E-state index in [2.05, 4.69) is 12.1 Å². The fraction of sp³-hybridized carbons (Fsp3) is 0.417. The average molecular weight is 227 g/mol. The molecule has 0 fully saturated rings. The third-order valence-electron chi connectivity index (χ3n) is 2.28. The average Bonchev–Trinajstić information content (AvgIpc) is 2.25. The van der Waals surface area contributed by atoms with Crippen molar-refractivity contribution >= 4 is 17.6 Å². The highest BCUT2D eigenvalue weighted by Gasteiger charge is 2.11. The van der Waals surface area contributed by atoms with Gasteiger partial charge in [-0.1, -0.05) is 36.8 Å². The predicted molar refractivity (Wildman–Crippen MR) is 61.3 cm³/mol. The van der Waals surface area contributed by atoms with Gasteiger partial charge in [0.05, 0.1) is 0 Å². The molecule has 1 unspecified atom stereocenters. The molecule has 15 heavy (non-hydrogen) atoms. The molecule has 0 aliphatic heterocycles. The molecule has 0 heterocycles. The molecule has 1 N–H and O–H groups in total. The minimum Gasteiger partial charge on any atom is -0.480 e. The van der Waals surface area contributed by atoms with Crippen LogP contribution in [0.1, 0.15) is 24.8 Å². The van der Waals surface area contributed by atoms with Gasteiger partial charge in [-0.25, -0.2) is 0 Å². The summed E-state index contributed by atoms with van der Waals surface area (Å²) in [4.78, 5) is 10.4. The molecule has 0 aliphatic rings. The van der Waals surface area contributed by atoms with E-state index in [4.69, 9.17) is 16.7 Å². The van der Waals surface area contributed by atoms with E-state index < -0.39 is 11.3 Å². The van der Waals surface area contributed by atoms with Crippen molar-refractivity contribution in [2.75, 3.05) is 0 Å². The summed E-state index contributed by atoms with van der Waals surface area (Å²) < 4.78 is 0. The van der Waals surface area contributed by atoms with Gasteiger partial charge in [0.1, 0.15) is 5.38 Å². The zero-order chi connectivity index (χ0) is 11.1. The van der Waals surface area contributed by atoms with Crippen LogP contribution in [0.3, 0.4) is 0 Å². The highest BCUT2D eigenvalue weighted by atomic mass is 35.5. The number of aryl methyl sites for hydroxylation is 1. The number of unbranched alkanes of at least 4 members (excludes halogenated alkanes) is 1. The van der Waals surface area contributed by atoms with E-state index in [1.807, 2.05) is 18.2 Å². The van der Waals surface area contributed by atoms with Crippen molar-refractivity contribution in [3.8, 4) is 0 Å². The fourth-order valence-electron chi connectivity index (χ4n) is 1.42. The van der Waals surface area contributed by atoms with Crippen LogP contribution in [-0.2, 0) is 11.2 Å². The van der Waals surface area contributed by atoms with E-state index in [0.29, 0.717) is 6.42 Å². The maximum atomic E-state index is 10.4. The topological polar surface area (TPSA) is 37.3 Å². The fourth-order valence-corrected chi connectivity index (χ4v) is 1.58. The Bertz CT molecular complexity index is 298. The molecular weight excluding hydrogens is 212 g/mol. The van der Waals surface area contributed by atoms with Crippen molar-refractivity contribution in [3.63, 3.8) is 0 Å². The van der Waals surface area contributed by atoms with Crippen molar-refractivity contribution < 1.29 is 9.90 Å². The van der Waals surface area contributed by atoms with Crippen LogP contribution in [0, 0.1) is 0 Å². The van der Waals surface area contributed by atoms with Gasteiger partial charge in [-0.2, -0.15) is 0 Å². The number of hydrogen-bond donors (Lipinski definition) is 1. The lowest BCUT2D eigenvalue weighted by molar-refractivity contribution is -0.136. The van der Waals surface area contributed by atoms with Crippen LogP contribution in [0.15, 0.2) is 30.3 Å². The molecule has 1 atom stereocenters. The molecule has 0 amide bonds. The monoisotopic (exact) mass is 226 g/mol. The lowest BCUT2D eigenvalue weighted by Crippen LogP contribution is -2.12. The van der Waals surface area contributed by atoms with E-state index in [1.54, 1.807) is 0 Å². The van der Waals surface area contributed by atoms with Crippen molar-refractivity contribution in [2.45, 2.75) is 31.1 Å². The third kappa shape index (κ3) is 4.84. The summed E-state index contributed by atoms with van der Waals surface area (Å²) in [6.45, 7) is 0. The van der Waals surface area contributed by atoms with Gasteiger partial charge in [0.15, 0.2) is 0 Å². The molecule has 0 aliphatic carbocycles. The molecule has 2 nitrogen and oxygen atoms in total. The summed E-state index contributed by atoms with van der Waals surface area (Å²) in [7, 11) is 0.